The smallest absolute Gasteiger partial charge is 0.273 e. The van der Waals surface area contributed by atoms with Gasteiger partial charge >= 0.3 is 0 Å². The van der Waals surface area contributed by atoms with Crippen LogP contribution in [-0.2, 0) is 7.05 Å². The molecule has 0 aliphatic carbocycles. The summed E-state index contributed by atoms with van der Waals surface area (Å²) < 4.78 is 1.55. The first-order chi connectivity index (χ1) is 10.6. The van der Waals surface area contributed by atoms with Crippen LogP contribution in [0.4, 0.5) is 5.69 Å². The molecule has 0 spiro atoms. The third-order valence-electron chi connectivity index (χ3n) is 3.17. The van der Waals surface area contributed by atoms with E-state index in [1.807, 2.05) is 12.1 Å². The SMILES string of the molecule is Cn1nc(-c2ccc(Cl)cc2)cc1C(=O)Nc1cccnc1. The molecule has 3 aromatic rings. The molecule has 110 valence electrons. The number of pyridine rings is 1. The molecule has 0 atom stereocenters. The number of aromatic nitrogens is 3. The molecule has 0 unspecified atom stereocenters. The zero-order chi connectivity index (χ0) is 15.5. The van der Waals surface area contributed by atoms with E-state index in [0.717, 1.165) is 11.3 Å². The summed E-state index contributed by atoms with van der Waals surface area (Å²) in [6.07, 6.45) is 3.24. The predicted octanol–water partition coefficient (Wildman–Crippen LogP) is 3.39. The zero-order valence-electron chi connectivity index (χ0n) is 11.8. The number of benzene rings is 1. The van der Waals surface area contributed by atoms with Crippen LogP contribution < -0.4 is 5.32 Å². The summed E-state index contributed by atoms with van der Waals surface area (Å²) in [7, 11) is 1.73. The van der Waals surface area contributed by atoms with Crippen molar-refractivity contribution in [1.29, 1.82) is 0 Å². The number of halogens is 1. The lowest BCUT2D eigenvalue weighted by atomic mass is 10.1. The van der Waals surface area contributed by atoms with Crippen LogP contribution in [0.15, 0.2) is 54.9 Å². The van der Waals surface area contributed by atoms with Crippen molar-refractivity contribution < 1.29 is 4.79 Å². The zero-order valence-corrected chi connectivity index (χ0v) is 12.6. The van der Waals surface area contributed by atoms with Crippen molar-refractivity contribution in [2.45, 2.75) is 0 Å². The molecule has 3 rings (SSSR count). The summed E-state index contributed by atoms with van der Waals surface area (Å²) in [6, 6.07) is 12.6. The number of anilines is 1. The Bertz CT molecular complexity index is 797. The van der Waals surface area contributed by atoms with Crippen LogP contribution in [-0.4, -0.2) is 20.7 Å². The third-order valence-corrected chi connectivity index (χ3v) is 3.42. The Morgan fingerprint density at radius 2 is 2.00 bits per heavy atom. The van der Waals surface area contributed by atoms with Gasteiger partial charge in [-0.3, -0.25) is 14.5 Å². The van der Waals surface area contributed by atoms with Crippen molar-refractivity contribution in [2.24, 2.45) is 7.05 Å². The number of nitrogens with zero attached hydrogens (tertiary/aromatic N) is 3. The molecular formula is C16H13ClN4O. The highest BCUT2D eigenvalue weighted by Crippen LogP contribution is 2.21. The van der Waals surface area contributed by atoms with Crippen LogP contribution in [0, 0.1) is 0 Å². The molecule has 0 aliphatic heterocycles. The van der Waals surface area contributed by atoms with Gasteiger partial charge in [0.25, 0.3) is 5.91 Å². The lowest BCUT2D eigenvalue weighted by Crippen LogP contribution is -2.16. The number of aryl methyl sites for hydroxylation is 1. The first-order valence-electron chi connectivity index (χ1n) is 6.65. The van der Waals surface area contributed by atoms with Gasteiger partial charge in [0, 0.05) is 23.8 Å². The molecule has 0 bridgehead atoms. The van der Waals surface area contributed by atoms with Gasteiger partial charge in [-0.25, -0.2) is 0 Å². The van der Waals surface area contributed by atoms with Crippen LogP contribution >= 0.6 is 11.6 Å². The number of nitrogens with one attached hydrogen (secondary N) is 1. The van der Waals surface area contributed by atoms with Gasteiger partial charge in [-0.1, -0.05) is 23.7 Å². The summed E-state index contributed by atoms with van der Waals surface area (Å²) in [5, 5.41) is 7.82. The van der Waals surface area contributed by atoms with E-state index < -0.39 is 0 Å². The Labute approximate surface area is 132 Å². The van der Waals surface area contributed by atoms with Crippen molar-refractivity contribution >= 4 is 23.2 Å². The lowest BCUT2D eigenvalue weighted by molar-refractivity contribution is 0.101. The first-order valence-corrected chi connectivity index (χ1v) is 7.02. The maximum absolute atomic E-state index is 12.3. The molecule has 1 amide bonds. The normalized spacial score (nSPS) is 10.5. The highest BCUT2D eigenvalue weighted by atomic mass is 35.5. The molecule has 0 saturated heterocycles. The van der Waals surface area contributed by atoms with Crippen molar-refractivity contribution in [3.8, 4) is 11.3 Å². The van der Waals surface area contributed by atoms with E-state index in [0.29, 0.717) is 16.4 Å². The molecule has 0 saturated carbocycles. The van der Waals surface area contributed by atoms with E-state index in [1.54, 1.807) is 54.5 Å². The second-order valence-electron chi connectivity index (χ2n) is 4.74. The highest BCUT2D eigenvalue weighted by Gasteiger charge is 2.14. The molecule has 1 N–H and O–H groups in total. The van der Waals surface area contributed by atoms with Gasteiger partial charge in [-0.05, 0) is 30.3 Å². The molecule has 5 nitrogen and oxygen atoms in total. The standard InChI is InChI=1S/C16H13ClN4O/c1-21-15(16(22)19-13-3-2-8-18-10-13)9-14(20-21)11-4-6-12(17)7-5-11/h2-10H,1H3,(H,19,22). The van der Waals surface area contributed by atoms with Crippen LogP contribution in [0.25, 0.3) is 11.3 Å². The number of carbonyl (C=O) groups excluding carboxylic acids is 1. The summed E-state index contributed by atoms with van der Waals surface area (Å²) in [5.41, 5.74) is 2.73. The number of rotatable bonds is 3. The van der Waals surface area contributed by atoms with E-state index >= 15 is 0 Å². The number of hydrogen-bond acceptors (Lipinski definition) is 3. The molecule has 2 heterocycles. The van der Waals surface area contributed by atoms with Crippen LogP contribution in [0.3, 0.4) is 0 Å². The number of hydrogen-bond donors (Lipinski definition) is 1. The Balaban J connectivity index is 1.86. The van der Waals surface area contributed by atoms with E-state index in [4.69, 9.17) is 11.6 Å². The minimum Gasteiger partial charge on any atom is -0.319 e. The molecule has 6 heteroatoms. The van der Waals surface area contributed by atoms with E-state index in [1.165, 1.54) is 0 Å². The second-order valence-corrected chi connectivity index (χ2v) is 5.18. The molecule has 0 aliphatic rings. The monoisotopic (exact) mass is 312 g/mol. The average molecular weight is 313 g/mol. The highest BCUT2D eigenvalue weighted by molar-refractivity contribution is 6.30. The largest absolute Gasteiger partial charge is 0.319 e. The Kier molecular flexibility index (Phi) is 3.89. The van der Waals surface area contributed by atoms with Gasteiger partial charge in [0.2, 0.25) is 0 Å². The van der Waals surface area contributed by atoms with Gasteiger partial charge in [0.15, 0.2) is 0 Å². The van der Waals surface area contributed by atoms with E-state index in [-0.39, 0.29) is 5.91 Å². The first kappa shape index (κ1) is 14.3. The van der Waals surface area contributed by atoms with Crippen LogP contribution in [0.2, 0.25) is 5.02 Å². The van der Waals surface area contributed by atoms with Gasteiger partial charge < -0.3 is 5.32 Å². The van der Waals surface area contributed by atoms with Gasteiger partial charge in [-0.15, -0.1) is 0 Å². The number of carbonyl (C=O) groups is 1. The molecule has 0 radical (unpaired) electrons. The predicted molar refractivity (Wildman–Crippen MR) is 85.8 cm³/mol. The van der Waals surface area contributed by atoms with Crippen LogP contribution in [0.1, 0.15) is 10.5 Å². The van der Waals surface area contributed by atoms with Gasteiger partial charge in [-0.2, -0.15) is 5.10 Å². The maximum atomic E-state index is 12.3. The Morgan fingerprint density at radius 3 is 2.68 bits per heavy atom. The summed E-state index contributed by atoms with van der Waals surface area (Å²) >= 11 is 5.88. The van der Waals surface area contributed by atoms with Crippen molar-refractivity contribution in [2.75, 3.05) is 5.32 Å². The fourth-order valence-corrected chi connectivity index (χ4v) is 2.20. The van der Waals surface area contributed by atoms with Gasteiger partial charge in [0.05, 0.1) is 17.6 Å². The summed E-state index contributed by atoms with van der Waals surface area (Å²) in [6.45, 7) is 0. The molecular weight excluding hydrogens is 300 g/mol. The minimum absolute atomic E-state index is 0.233. The number of amides is 1. The minimum atomic E-state index is -0.233. The second kappa shape index (κ2) is 5.99. The fraction of sp³-hybridized carbons (Fsp3) is 0.0625. The quantitative estimate of drug-likeness (QED) is 0.806. The van der Waals surface area contributed by atoms with Crippen molar-refractivity contribution in [3.05, 3.63) is 65.6 Å². The molecule has 2 aromatic heterocycles. The van der Waals surface area contributed by atoms with Crippen molar-refractivity contribution in [1.82, 2.24) is 14.8 Å². The topological polar surface area (TPSA) is 59.8 Å². The van der Waals surface area contributed by atoms with E-state index in [9.17, 15) is 4.79 Å². The maximum Gasteiger partial charge on any atom is 0.273 e. The molecule has 0 fully saturated rings. The summed E-state index contributed by atoms with van der Waals surface area (Å²) in [5.74, 6) is -0.233. The fourth-order valence-electron chi connectivity index (χ4n) is 2.07. The Morgan fingerprint density at radius 1 is 1.23 bits per heavy atom. The summed E-state index contributed by atoms with van der Waals surface area (Å²) in [4.78, 5) is 16.3. The van der Waals surface area contributed by atoms with Gasteiger partial charge in [0.1, 0.15) is 5.69 Å². The Hall–Kier alpha value is -2.66. The molecule has 22 heavy (non-hydrogen) atoms. The van der Waals surface area contributed by atoms with Crippen LogP contribution in [0.5, 0.6) is 0 Å². The van der Waals surface area contributed by atoms with E-state index in [2.05, 4.69) is 15.4 Å². The lowest BCUT2D eigenvalue weighted by Gasteiger charge is -2.03. The van der Waals surface area contributed by atoms with Crippen molar-refractivity contribution in [3.63, 3.8) is 0 Å². The molecule has 1 aromatic carbocycles. The third kappa shape index (κ3) is 2.99. The average Bonchev–Trinajstić information content (AvgIpc) is 2.91.